The zero-order chi connectivity index (χ0) is 19.8. The van der Waals surface area contributed by atoms with Crippen LogP contribution < -0.4 is 11.1 Å². The van der Waals surface area contributed by atoms with Gasteiger partial charge in [-0.1, -0.05) is 45.2 Å². The number of hydrogen-bond acceptors (Lipinski definition) is 3. The summed E-state index contributed by atoms with van der Waals surface area (Å²) in [6, 6.07) is 11.1. The van der Waals surface area contributed by atoms with Crippen molar-refractivity contribution in [2.45, 2.75) is 0 Å². The molecule has 0 aliphatic heterocycles. The quantitative estimate of drug-likeness (QED) is 0.380. The monoisotopic (exact) mass is 476 g/mol. The van der Waals surface area contributed by atoms with Crippen molar-refractivity contribution in [1.82, 2.24) is 15.3 Å². The minimum Gasteiger partial charge on any atom is -0.360 e. The van der Waals surface area contributed by atoms with Gasteiger partial charge in [0.2, 0.25) is 0 Å². The van der Waals surface area contributed by atoms with Gasteiger partial charge in [0, 0.05) is 45.6 Å². The maximum atomic E-state index is 12.8. The van der Waals surface area contributed by atoms with Gasteiger partial charge >= 0.3 is 0 Å². The van der Waals surface area contributed by atoms with Gasteiger partial charge in [0.15, 0.2) is 0 Å². The molecular weight excluding hydrogens is 463 g/mol. The van der Waals surface area contributed by atoms with Gasteiger partial charge in [-0.15, -0.1) is 0 Å². The standard InChI is InChI=1S/C20H15BrCl2N4O/c21-10-1-4-16-12(7-10)14(9-26-16)17-8-13(20(28)25-6-5-24)11-2-3-15(22)18(23)19(11)27-17/h1-4,7-9,26H,5-6,24H2,(H,25,28). The summed E-state index contributed by atoms with van der Waals surface area (Å²) >= 11 is 16.1. The normalized spacial score (nSPS) is 11.3. The summed E-state index contributed by atoms with van der Waals surface area (Å²) in [5.41, 5.74) is 8.92. The number of amides is 1. The number of carbonyl (C=O) groups excluding carboxylic acids is 1. The number of rotatable bonds is 4. The van der Waals surface area contributed by atoms with Crippen molar-refractivity contribution < 1.29 is 4.79 Å². The third kappa shape index (κ3) is 3.37. The van der Waals surface area contributed by atoms with Crippen molar-refractivity contribution >= 4 is 66.8 Å². The fourth-order valence-electron chi connectivity index (χ4n) is 3.15. The summed E-state index contributed by atoms with van der Waals surface area (Å²) in [7, 11) is 0. The number of nitrogens with two attached hydrogens (primary N) is 1. The maximum Gasteiger partial charge on any atom is 0.252 e. The highest BCUT2D eigenvalue weighted by Crippen LogP contribution is 2.36. The summed E-state index contributed by atoms with van der Waals surface area (Å²) < 4.78 is 0.948. The smallest absolute Gasteiger partial charge is 0.252 e. The summed E-state index contributed by atoms with van der Waals surface area (Å²) in [4.78, 5) is 20.7. The predicted octanol–water partition coefficient (Wildman–Crippen LogP) is 5.14. The molecule has 8 heteroatoms. The van der Waals surface area contributed by atoms with Crippen LogP contribution in [0.5, 0.6) is 0 Å². The Balaban J connectivity index is 1.99. The molecule has 2 aromatic carbocycles. The highest BCUT2D eigenvalue weighted by Gasteiger charge is 2.18. The number of fused-ring (bicyclic) bond motifs is 2. The van der Waals surface area contributed by atoms with Crippen LogP contribution in [0.4, 0.5) is 0 Å². The van der Waals surface area contributed by atoms with E-state index in [9.17, 15) is 4.79 Å². The average Bonchev–Trinajstić information content (AvgIpc) is 3.11. The molecule has 0 bridgehead atoms. The molecule has 0 saturated heterocycles. The van der Waals surface area contributed by atoms with Gasteiger partial charge in [-0.25, -0.2) is 4.98 Å². The molecule has 0 fully saturated rings. The average molecular weight is 478 g/mol. The Bertz CT molecular complexity index is 1220. The third-order valence-electron chi connectivity index (χ3n) is 4.47. The lowest BCUT2D eigenvalue weighted by molar-refractivity contribution is 0.0956. The fraction of sp³-hybridized carbons (Fsp3) is 0.100. The van der Waals surface area contributed by atoms with E-state index in [-0.39, 0.29) is 5.91 Å². The van der Waals surface area contributed by atoms with Crippen LogP contribution in [0.25, 0.3) is 33.1 Å². The van der Waals surface area contributed by atoms with Crippen LogP contribution in [0.15, 0.2) is 47.1 Å². The summed E-state index contributed by atoms with van der Waals surface area (Å²) in [5, 5.41) is 5.12. The van der Waals surface area contributed by atoms with Crippen LogP contribution in [-0.4, -0.2) is 29.0 Å². The Morgan fingerprint density at radius 1 is 1.18 bits per heavy atom. The number of aromatic nitrogens is 2. The third-order valence-corrected chi connectivity index (χ3v) is 5.75. The van der Waals surface area contributed by atoms with Gasteiger partial charge in [0.05, 0.1) is 26.8 Å². The second-order valence-corrected chi connectivity index (χ2v) is 7.95. The minimum atomic E-state index is -0.237. The van der Waals surface area contributed by atoms with E-state index < -0.39 is 0 Å². The van der Waals surface area contributed by atoms with Crippen molar-refractivity contribution in [2.75, 3.05) is 13.1 Å². The fourth-order valence-corrected chi connectivity index (χ4v) is 3.87. The van der Waals surface area contributed by atoms with E-state index in [1.807, 2.05) is 24.4 Å². The molecule has 0 spiro atoms. The Morgan fingerprint density at radius 2 is 2.00 bits per heavy atom. The molecule has 4 rings (SSSR count). The Hall–Kier alpha value is -2.12. The molecular formula is C20H15BrCl2N4O. The number of pyridine rings is 1. The first-order valence-electron chi connectivity index (χ1n) is 8.53. The molecule has 142 valence electrons. The van der Waals surface area contributed by atoms with Crippen LogP contribution in [0.3, 0.4) is 0 Å². The SMILES string of the molecule is NCCNC(=O)c1cc(-c2c[nH]c3ccc(Br)cc23)nc2c(Cl)c(Cl)ccc12. The molecule has 0 radical (unpaired) electrons. The second-order valence-electron chi connectivity index (χ2n) is 6.25. The van der Waals surface area contributed by atoms with Crippen LogP contribution in [0.1, 0.15) is 10.4 Å². The van der Waals surface area contributed by atoms with Crippen LogP contribution in [0.2, 0.25) is 10.0 Å². The molecule has 5 nitrogen and oxygen atoms in total. The van der Waals surface area contributed by atoms with Gasteiger partial charge in [-0.3, -0.25) is 4.79 Å². The number of halogens is 3. The first-order valence-corrected chi connectivity index (χ1v) is 10.1. The molecule has 0 saturated carbocycles. The van der Waals surface area contributed by atoms with Crippen molar-refractivity contribution in [2.24, 2.45) is 5.73 Å². The van der Waals surface area contributed by atoms with Gasteiger partial charge < -0.3 is 16.0 Å². The van der Waals surface area contributed by atoms with E-state index in [2.05, 4.69) is 26.2 Å². The predicted molar refractivity (Wildman–Crippen MR) is 118 cm³/mol. The molecule has 4 aromatic rings. The van der Waals surface area contributed by atoms with Crippen LogP contribution in [0, 0.1) is 0 Å². The Kier molecular flexibility index (Phi) is 5.29. The summed E-state index contributed by atoms with van der Waals surface area (Å²) in [5.74, 6) is -0.237. The maximum absolute atomic E-state index is 12.8. The van der Waals surface area contributed by atoms with Crippen LogP contribution in [-0.2, 0) is 0 Å². The highest BCUT2D eigenvalue weighted by atomic mass is 79.9. The molecule has 0 atom stereocenters. The molecule has 1 amide bonds. The van der Waals surface area contributed by atoms with Crippen molar-refractivity contribution in [3.8, 4) is 11.3 Å². The second kappa shape index (κ2) is 7.72. The molecule has 0 unspecified atom stereocenters. The van der Waals surface area contributed by atoms with E-state index >= 15 is 0 Å². The van der Waals surface area contributed by atoms with E-state index in [1.54, 1.807) is 18.2 Å². The molecule has 0 aliphatic rings. The lowest BCUT2D eigenvalue weighted by atomic mass is 10.0. The zero-order valence-corrected chi connectivity index (χ0v) is 17.6. The Labute approximate surface area is 179 Å². The molecule has 2 heterocycles. The molecule has 0 aliphatic carbocycles. The van der Waals surface area contributed by atoms with Crippen molar-refractivity contribution in [1.29, 1.82) is 0 Å². The van der Waals surface area contributed by atoms with Gasteiger partial charge in [0.1, 0.15) is 0 Å². The Morgan fingerprint density at radius 3 is 2.79 bits per heavy atom. The van der Waals surface area contributed by atoms with Gasteiger partial charge in [-0.2, -0.15) is 0 Å². The number of benzene rings is 2. The number of nitrogens with zero attached hydrogens (tertiary/aromatic N) is 1. The van der Waals surface area contributed by atoms with E-state index in [0.29, 0.717) is 45.3 Å². The lowest BCUT2D eigenvalue weighted by Crippen LogP contribution is -2.29. The number of H-pyrrole nitrogens is 1. The topological polar surface area (TPSA) is 83.8 Å². The molecule has 4 N–H and O–H groups in total. The largest absolute Gasteiger partial charge is 0.360 e. The minimum absolute atomic E-state index is 0.237. The van der Waals surface area contributed by atoms with E-state index in [0.717, 1.165) is 20.9 Å². The number of hydrogen-bond donors (Lipinski definition) is 3. The first-order chi connectivity index (χ1) is 13.5. The van der Waals surface area contributed by atoms with Gasteiger partial charge in [0.25, 0.3) is 5.91 Å². The van der Waals surface area contributed by atoms with Crippen molar-refractivity contribution in [3.05, 3.63) is 62.7 Å². The van der Waals surface area contributed by atoms with E-state index in [4.69, 9.17) is 33.9 Å². The number of carbonyl (C=O) groups is 1. The van der Waals surface area contributed by atoms with Crippen molar-refractivity contribution in [3.63, 3.8) is 0 Å². The number of nitrogens with one attached hydrogen (secondary N) is 2. The summed E-state index contributed by atoms with van der Waals surface area (Å²) in [6.45, 7) is 0.726. The highest BCUT2D eigenvalue weighted by molar-refractivity contribution is 9.10. The van der Waals surface area contributed by atoms with Gasteiger partial charge in [-0.05, 0) is 30.3 Å². The van der Waals surface area contributed by atoms with Crippen LogP contribution >= 0.6 is 39.1 Å². The summed E-state index contributed by atoms with van der Waals surface area (Å²) in [6.07, 6.45) is 1.87. The number of aromatic amines is 1. The lowest BCUT2D eigenvalue weighted by Gasteiger charge is -2.11. The zero-order valence-electron chi connectivity index (χ0n) is 14.5. The van der Waals surface area contributed by atoms with E-state index in [1.165, 1.54) is 0 Å². The molecule has 2 aromatic heterocycles. The first kappa shape index (κ1) is 19.2. The molecule has 28 heavy (non-hydrogen) atoms.